The average Bonchev–Trinajstić information content (AvgIpc) is 2.49. The van der Waals surface area contributed by atoms with Crippen molar-refractivity contribution in [3.05, 3.63) is 34.6 Å². The number of halogens is 1. The second-order valence-corrected chi connectivity index (χ2v) is 4.69. The summed E-state index contributed by atoms with van der Waals surface area (Å²) in [5.74, 6) is 1.95. The van der Waals surface area contributed by atoms with Gasteiger partial charge in [-0.15, -0.1) is 0 Å². The lowest BCUT2D eigenvalue weighted by atomic mass is 10.1. The van der Waals surface area contributed by atoms with Gasteiger partial charge in [0.25, 0.3) is 0 Å². The Morgan fingerprint density at radius 3 is 2.50 bits per heavy atom. The second-order valence-electron chi connectivity index (χ2n) is 4.33. The van der Waals surface area contributed by atoms with Crippen molar-refractivity contribution < 1.29 is 9.47 Å². The summed E-state index contributed by atoms with van der Waals surface area (Å²) in [6.07, 6.45) is 0.805. The van der Waals surface area contributed by atoms with E-state index in [0.29, 0.717) is 16.7 Å². The summed E-state index contributed by atoms with van der Waals surface area (Å²) in [5.41, 5.74) is 2.66. The van der Waals surface area contributed by atoms with E-state index in [2.05, 4.69) is 9.97 Å². The highest BCUT2D eigenvalue weighted by Crippen LogP contribution is 2.32. The smallest absolute Gasteiger partial charge is 0.164 e. The average molecular weight is 293 g/mol. The first kappa shape index (κ1) is 14.6. The molecule has 0 fully saturated rings. The maximum absolute atomic E-state index is 6.19. The van der Waals surface area contributed by atoms with Gasteiger partial charge in [-0.1, -0.05) is 18.5 Å². The first-order valence-corrected chi connectivity index (χ1v) is 6.73. The zero-order valence-corrected chi connectivity index (χ0v) is 12.8. The van der Waals surface area contributed by atoms with Crippen LogP contribution >= 0.6 is 11.6 Å². The van der Waals surface area contributed by atoms with Gasteiger partial charge in [0, 0.05) is 17.3 Å². The van der Waals surface area contributed by atoms with Crippen LogP contribution in [0.5, 0.6) is 11.5 Å². The molecule has 0 spiro atoms. The van der Waals surface area contributed by atoms with Crippen LogP contribution in [0.1, 0.15) is 18.2 Å². The molecule has 0 saturated heterocycles. The fourth-order valence-electron chi connectivity index (χ4n) is 1.98. The van der Waals surface area contributed by atoms with E-state index in [0.717, 1.165) is 29.0 Å². The first-order valence-electron chi connectivity index (χ1n) is 6.36. The van der Waals surface area contributed by atoms with E-state index in [9.17, 15) is 0 Å². The standard InChI is InChI=1S/C15H17ClN2O2/c1-5-12-9(2)14(16)18-15(17-12)11-7-6-10(19-3)8-13(11)20-4/h6-8H,5H2,1-4H3. The number of rotatable bonds is 4. The molecule has 2 aromatic rings. The molecule has 0 radical (unpaired) electrons. The minimum Gasteiger partial charge on any atom is -0.497 e. The van der Waals surface area contributed by atoms with E-state index >= 15 is 0 Å². The highest BCUT2D eigenvalue weighted by atomic mass is 35.5. The van der Waals surface area contributed by atoms with Gasteiger partial charge in [-0.25, -0.2) is 9.97 Å². The van der Waals surface area contributed by atoms with Gasteiger partial charge in [0.05, 0.1) is 19.8 Å². The van der Waals surface area contributed by atoms with Gasteiger partial charge in [0.2, 0.25) is 0 Å². The molecule has 1 aromatic carbocycles. The van der Waals surface area contributed by atoms with Gasteiger partial charge < -0.3 is 9.47 Å². The van der Waals surface area contributed by atoms with E-state index in [1.54, 1.807) is 20.3 Å². The Morgan fingerprint density at radius 2 is 1.90 bits per heavy atom. The Labute approximate surface area is 123 Å². The Bertz CT molecular complexity index is 630. The molecule has 0 aliphatic carbocycles. The van der Waals surface area contributed by atoms with Gasteiger partial charge in [-0.05, 0) is 25.5 Å². The molecule has 20 heavy (non-hydrogen) atoms. The fourth-order valence-corrected chi connectivity index (χ4v) is 2.17. The summed E-state index contributed by atoms with van der Waals surface area (Å²) in [7, 11) is 3.22. The molecule has 1 aromatic heterocycles. The fraction of sp³-hybridized carbons (Fsp3) is 0.333. The van der Waals surface area contributed by atoms with E-state index < -0.39 is 0 Å². The molecular weight excluding hydrogens is 276 g/mol. The first-order chi connectivity index (χ1) is 9.60. The molecular formula is C15H17ClN2O2. The third-order valence-corrected chi connectivity index (χ3v) is 3.54. The van der Waals surface area contributed by atoms with Crippen LogP contribution in [-0.2, 0) is 6.42 Å². The third kappa shape index (κ3) is 2.70. The van der Waals surface area contributed by atoms with E-state index in [4.69, 9.17) is 21.1 Å². The van der Waals surface area contributed by atoms with Gasteiger partial charge in [0.15, 0.2) is 5.82 Å². The zero-order valence-electron chi connectivity index (χ0n) is 12.0. The Kier molecular flexibility index (Phi) is 4.45. The molecule has 0 unspecified atom stereocenters. The largest absolute Gasteiger partial charge is 0.497 e. The molecule has 0 bridgehead atoms. The maximum Gasteiger partial charge on any atom is 0.164 e. The summed E-state index contributed by atoms with van der Waals surface area (Å²) >= 11 is 6.19. The van der Waals surface area contributed by atoms with Crippen molar-refractivity contribution in [2.75, 3.05) is 14.2 Å². The molecule has 1 heterocycles. The van der Waals surface area contributed by atoms with Crippen molar-refractivity contribution in [3.8, 4) is 22.9 Å². The SMILES string of the molecule is CCc1nc(-c2ccc(OC)cc2OC)nc(Cl)c1C. The minimum atomic E-state index is 0.477. The number of nitrogens with zero attached hydrogens (tertiary/aromatic N) is 2. The molecule has 0 atom stereocenters. The predicted molar refractivity (Wildman–Crippen MR) is 79.7 cm³/mol. The lowest BCUT2D eigenvalue weighted by Crippen LogP contribution is -2.01. The minimum absolute atomic E-state index is 0.477. The van der Waals surface area contributed by atoms with Crippen LogP contribution in [-0.4, -0.2) is 24.2 Å². The van der Waals surface area contributed by atoms with Gasteiger partial charge in [0.1, 0.15) is 16.7 Å². The van der Waals surface area contributed by atoms with Crippen LogP contribution in [0.25, 0.3) is 11.4 Å². The Balaban J connectivity index is 2.59. The monoisotopic (exact) mass is 292 g/mol. The number of ether oxygens (including phenoxy) is 2. The van der Waals surface area contributed by atoms with Crippen LogP contribution < -0.4 is 9.47 Å². The molecule has 2 rings (SSSR count). The van der Waals surface area contributed by atoms with Crippen LogP contribution in [0.2, 0.25) is 5.15 Å². The lowest BCUT2D eigenvalue weighted by molar-refractivity contribution is 0.395. The maximum atomic E-state index is 6.19. The van der Waals surface area contributed by atoms with Crippen molar-refractivity contribution in [1.82, 2.24) is 9.97 Å². The normalized spacial score (nSPS) is 10.4. The number of aryl methyl sites for hydroxylation is 1. The summed E-state index contributed by atoms with van der Waals surface area (Å²) < 4.78 is 10.6. The summed E-state index contributed by atoms with van der Waals surface area (Å²) in [6, 6.07) is 5.52. The van der Waals surface area contributed by atoms with Crippen molar-refractivity contribution in [1.29, 1.82) is 0 Å². The molecule has 0 aliphatic rings. The zero-order chi connectivity index (χ0) is 14.7. The molecule has 106 valence electrons. The van der Waals surface area contributed by atoms with Crippen LogP contribution in [0.4, 0.5) is 0 Å². The summed E-state index contributed by atoms with van der Waals surface area (Å²) in [5, 5.41) is 0.477. The molecule has 5 heteroatoms. The summed E-state index contributed by atoms with van der Waals surface area (Å²) in [4.78, 5) is 8.92. The topological polar surface area (TPSA) is 44.2 Å². The van der Waals surface area contributed by atoms with E-state index in [1.165, 1.54) is 0 Å². The highest BCUT2D eigenvalue weighted by molar-refractivity contribution is 6.30. The number of methoxy groups -OCH3 is 2. The number of hydrogen-bond acceptors (Lipinski definition) is 4. The third-order valence-electron chi connectivity index (χ3n) is 3.17. The second kappa shape index (κ2) is 6.09. The van der Waals surface area contributed by atoms with Crippen LogP contribution in [0, 0.1) is 6.92 Å². The summed E-state index contributed by atoms with van der Waals surface area (Å²) in [6.45, 7) is 3.97. The quantitative estimate of drug-likeness (QED) is 0.806. The number of aromatic nitrogens is 2. The van der Waals surface area contributed by atoms with Crippen molar-refractivity contribution in [2.24, 2.45) is 0 Å². The molecule has 4 nitrogen and oxygen atoms in total. The highest BCUT2D eigenvalue weighted by Gasteiger charge is 2.14. The molecule has 0 saturated carbocycles. The Morgan fingerprint density at radius 1 is 1.15 bits per heavy atom. The van der Waals surface area contributed by atoms with Crippen molar-refractivity contribution in [2.45, 2.75) is 20.3 Å². The number of hydrogen-bond donors (Lipinski definition) is 0. The van der Waals surface area contributed by atoms with E-state index in [-0.39, 0.29) is 0 Å². The van der Waals surface area contributed by atoms with Gasteiger partial charge in [-0.3, -0.25) is 0 Å². The number of benzene rings is 1. The Hall–Kier alpha value is -1.81. The molecule has 0 amide bonds. The van der Waals surface area contributed by atoms with Gasteiger partial charge in [-0.2, -0.15) is 0 Å². The van der Waals surface area contributed by atoms with Crippen LogP contribution in [0.3, 0.4) is 0 Å². The lowest BCUT2D eigenvalue weighted by Gasteiger charge is -2.12. The van der Waals surface area contributed by atoms with Crippen molar-refractivity contribution >= 4 is 11.6 Å². The predicted octanol–water partition coefficient (Wildman–Crippen LogP) is 3.69. The molecule has 0 aliphatic heterocycles. The van der Waals surface area contributed by atoms with E-state index in [1.807, 2.05) is 26.0 Å². The van der Waals surface area contributed by atoms with Gasteiger partial charge >= 0.3 is 0 Å². The van der Waals surface area contributed by atoms with Crippen LogP contribution in [0.15, 0.2) is 18.2 Å². The molecule has 0 N–H and O–H groups in total. The van der Waals surface area contributed by atoms with Crippen molar-refractivity contribution in [3.63, 3.8) is 0 Å².